The molecule has 7 heteroatoms. The molecular formula is C14H13Cl2N3OS. The first-order valence-corrected chi connectivity index (χ1v) is 8.14. The zero-order chi connectivity index (χ0) is 14.8. The highest BCUT2D eigenvalue weighted by Crippen LogP contribution is 2.24. The number of ether oxygens (including phenoxy) is 1. The number of thiophene rings is 1. The van der Waals surface area contributed by atoms with E-state index >= 15 is 0 Å². The molecule has 0 saturated heterocycles. The summed E-state index contributed by atoms with van der Waals surface area (Å²) in [4.78, 5) is 10.2. The summed E-state index contributed by atoms with van der Waals surface area (Å²) in [5.41, 5.74) is 1.63. The molecule has 0 aliphatic rings. The molecule has 0 aromatic carbocycles. The van der Waals surface area contributed by atoms with E-state index in [2.05, 4.69) is 9.97 Å². The Labute approximate surface area is 136 Å². The van der Waals surface area contributed by atoms with Gasteiger partial charge in [-0.25, -0.2) is 4.98 Å². The van der Waals surface area contributed by atoms with E-state index < -0.39 is 0 Å². The van der Waals surface area contributed by atoms with Crippen LogP contribution < -0.4 is 4.74 Å². The fourth-order valence-corrected chi connectivity index (χ4v) is 3.47. The number of pyridine rings is 1. The van der Waals surface area contributed by atoms with Crippen molar-refractivity contribution in [2.75, 3.05) is 7.11 Å². The maximum Gasteiger partial charge on any atom is 0.215 e. The third-order valence-corrected chi connectivity index (χ3v) is 4.72. The highest BCUT2D eigenvalue weighted by atomic mass is 35.5. The van der Waals surface area contributed by atoms with Crippen molar-refractivity contribution in [2.45, 2.75) is 18.8 Å². The molecule has 0 amide bonds. The van der Waals surface area contributed by atoms with Crippen LogP contribution in [0.3, 0.4) is 0 Å². The molecule has 3 aromatic heterocycles. The molecule has 3 aromatic rings. The topological polar surface area (TPSA) is 39.9 Å². The largest absolute Gasteiger partial charge is 0.481 e. The van der Waals surface area contributed by atoms with Crippen molar-refractivity contribution in [3.8, 4) is 5.88 Å². The minimum absolute atomic E-state index is 0.351. The maximum absolute atomic E-state index is 6.00. The fraction of sp³-hybridized carbons (Fsp3) is 0.286. The van der Waals surface area contributed by atoms with Gasteiger partial charge in [-0.3, -0.25) is 0 Å². The van der Waals surface area contributed by atoms with Crippen LogP contribution in [0.4, 0.5) is 0 Å². The number of imidazole rings is 1. The molecule has 0 atom stereocenters. The zero-order valence-electron chi connectivity index (χ0n) is 11.3. The van der Waals surface area contributed by atoms with Crippen LogP contribution >= 0.6 is 34.5 Å². The second-order valence-corrected chi connectivity index (χ2v) is 6.53. The van der Waals surface area contributed by atoms with Crippen molar-refractivity contribution in [3.63, 3.8) is 0 Å². The monoisotopic (exact) mass is 341 g/mol. The first kappa shape index (κ1) is 14.6. The Hall–Kier alpha value is -1.30. The van der Waals surface area contributed by atoms with Gasteiger partial charge in [0.2, 0.25) is 5.88 Å². The summed E-state index contributed by atoms with van der Waals surface area (Å²) in [6.45, 7) is 0.759. The molecule has 0 spiro atoms. The molecule has 0 unspecified atom stereocenters. The van der Waals surface area contributed by atoms with Crippen molar-refractivity contribution in [2.24, 2.45) is 0 Å². The number of hydrogen-bond donors (Lipinski definition) is 0. The van der Waals surface area contributed by atoms with Gasteiger partial charge in [-0.15, -0.1) is 22.9 Å². The molecule has 110 valence electrons. The standard InChI is InChI=1S/C14H13Cl2N3OS/c1-20-13-5-3-10-14(18-13)19(12(8-15)17-10)7-6-9-2-4-11(16)21-9/h2-5H,6-8H2,1H3. The van der Waals surface area contributed by atoms with Crippen LogP contribution in [0.15, 0.2) is 24.3 Å². The summed E-state index contributed by atoms with van der Waals surface area (Å²) in [7, 11) is 1.60. The summed E-state index contributed by atoms with van der Waals surface area (Å²) in [5.74, 6) is 1.74. The molecule has 0 radical (unpaired) electrons. The number of methoxy groups -OCH3 is 1. The van der Waals surface area contributed by atoms with Crippen molar-refractivity contribution in [3.05, 3.63) is 39.3 Å². The molecule has 21 heavy (non-hydrogen) atoms. The molecule has 0 saturated carbocycles. The number of alkyl halides is 1. The van der Waals surface area contributed by atoms with Crippen LogP contribution in [0.5, 0.6) is 5.88 Å². The Balaban J connectivity index is 1.94. The molecule has 0 bridgehead atoms. The van der Waals surface area contributed by atoms with Crippen molar-refractivity contribution >= 4 is 45.7 Å². The minimum atomic E-state index is 0.351. The maximum atomic E-state index is 6.00. The predicted molar refractivity (Wildman–Crippen MR) is 86.7 cm³/mol. The molecule has 0 aliphatic carbocycles. The van der Waals surface area contributed by atoms with E-state index in [1.807, 2.05) is 22.8 Å². The summed E-state index contributed by atoms with van der Waals surface area (Å²) in [6, 6.07) is 7.66. The quantitative estimate of drug-likeness (QED) is 0.655. The SMILES string of the molecule is COc1ccc2nc(CCl)n(CCc3ccc(Cl)s3)c2n1. The molecule has 4 nitrogen and oxygen atoms in total. The molecule has 0 aliphatic heterocycles. The lowest BCUT2D eigenvalue weighted by molar-refractivity contribution is 0.399. The normalized spacial score (nSPS) is 11.2. The van der Waals surface area contributed by atoms with Crippen LogP contribution in [0, 0.1) is 0 Å². The molecule has 3 rings (SSSR count). The van der Waals surface area contributed by atoms with Crippen LogP contribution in [0.1, 0.15) is 10.7 Å². The Morgan fingerprint density at radius 2 is 2.10 bits per heavy atom. The van der Waals surface area contributed by atoms with E-state index in [1.165, 1.54) is 4.88 Å². The lowest BCUT2D eigenvalue weighted by Crippen LogP contribution is -2.05. The number of aryl methyl sites for hydroxylation is 2. The van der Waals surface area contributed by atoms with Gasteiger partial charge in [0, 0.05) is 17.5 Å². The lowest BCUT2D eigenvalue weighted by atomic mass is 10.3. The number of aromatic nitrogens is 3. The van der Waals surface area contributed by atoms with Crippen LogP contribution in [-0.4, -0.2) is 21.6 Å². The molecule has 0 N–H and O–H groups in total. The Morgan fingerprint density at radius 3 is 2.76 bits per heavy atom. The van der Waals surface area contributed by atoms with Gasteiger partial charge < -0.3 is 9.30 Å². The van der Waals surface area contributed by atoms with Crippen molar-refractivity contribution in [1.82, 2.24) is 14.5 Å². The average Bonchev–Trinajstić information content (AvgIpc) is 3.07. The summed E-state index contributed by atoms with van der Waals surface area (Å²) in [5, 5.41) is 0. The molecular weight excluding hydrogens is 329 g/mol. The number of halogens is 2. The van der Waals surface area contributed by atoms with Gasteiger partial charge in [-0.05, 0) is 24.6 Å². The second-order valence-electron chi connectivity index (χ2n) is 4.47. The third-order valence-electron chi connectivity index (χ3n) is 3.19. The highest BCUT2D eigenvalue weighted by Gasteiger charge is 2.12. The zero-order valence-corrected chi connectivity index (χ0v) is 13.7. The first-order valence-electron chi connectivity index (χ1n) is 6.41. The Kier molecular flexibility index (Phi) is 4.33. The average molecular weight is 342 g/mol. The van der Waals surface area contributed by atoms with Crippen molar-refractivity contribution < 1.29 is 4.74 Å². The second kappa shape index (κ2) is 6.22. The Morgan fingerprint density at radius 1 is 1.24 bits per heavy atom. The van der Waals surface area contributed by atoms with Crippen LogP contribution in [0.2, 0.25) is 4.34 Å². The summed E-state index contributed by atoms with van der Waals surface area (Å²) >= 11 is 13.6. The fourth-order valence-electron chi connectivity index (χ4n) is 2.19. The first-order chi connectivity index (χ1) is 10.2. The van der Waals surface area contributed by atoms with E-state index in [0.29, 0.717) is 11.8 Å². The van der Waals surface area contributed by atoms with Gasteiger partial charge in [-0.2, -0.15) is 4.98 Å². The van der Waals surface area contributed by atoms with E-state index in [1.54, 1.807) is 24.5 Å². The number of hydrogen-bond acceptors (Lipinski definition) is 4. The van der Waals surface area contributed by atoms with E-state index in [0.717, 1.165) is 34.3 Å². The van der Waals surface area contributed by atoms with Gasteiger partial charge in [-0.1, -0.05) is 11.6 Å². The van der Waals surface area contributed by atoms with Crippen molar-refractivity contribution in [1.29, 1.82) is 0 Å². The lowest BCUT2D eigenvalue weighted by Gasteiger charge is -2.06. The van der Waals surface area contributed by atoms with Gasteiger partial charge in [0.25, 0.3) is 0 Å². The van der Waals surface area contributed by atoms with Crippen LogP contribution in [0.25, 0.3) is 11.2 Å². The van der Waals surface area contributed by atoms with Gasteiger partial charge in [0.15, 0.2) is 5.65 Å². The van der Waals surface area contributed by atoms with E-state index in [9.17, 15) is 0 Å². The third kappa shape index (κ3) is 3.00. The minimum Gasteiger partial charge on any atom is -0.481 e. The predicted octanol–water partition coefficient (Wildman–Crippen LogP) is 4.14. The number of nitrogens with zero attached hydrogens (tertiary/aromatic N) is 3. The van der Waals surface area contributed by atoms with Gasteiger partial charge in [0.05, 0.1) is 17.3 Å². The highest BCUT2D eigenvalue weighted by molar-refractivity contribution is 7.16. The van der Waals surface area contributed by atoms with E-state index in [4.69, 9.17) is 27.9 Å². The molecule has 0 fully saturated rings. The van der Waals surface area contributed by atoms with Gasteiger partial charge in [0.1, 0.15) is 11.3 Å². The number of fused-ring (bicyclic) bond motifs is 1. The molecule has 3 heterocycles. The van der Waals surface area contributed by atoms with Crippen LogP contribution in [-0.2, 0) is 18.8 Å². The summed E-state index contributed by atoms with van der Waals surface area (Å²) < 4.78 is 8.03. The Bertz CT molecular complexity index is 769. The smallest absolute Gasteiger partial charge is 0.215 e. The summed E-state index contributed by atoms with van der Waals surface area (Å²) in [6.07, 6.45) is 0.867. The van der Waals surface area contributed by atoms with Gasteiger partial charge >= 0.3 is 0 Å². The van der Waals surface area contributed by atoms with E-state index in [-0.39, 0.29) is 0 Å². The number of rotatable bonds is 5.